The van der Waals surface area contributed by atoms with Gasteiger partial charge in [0.05, 0.1) is 18.3 Å². The number of hydrogen-bond donors (Lipinski definition) is 4. The van der Waals surface area contributed by atoms with Crippen LogP contribution in [0.25, 0.3) is 0 Å². The average Bonchev–Trinajstić information content (AvgIpc) is 3.57. The molecule has 4 N–H and O–H groups in total. The molecule has 5 aliphatic rings. The molecule has 284 valence electrons. The lowest BCUT2D eigenvalue weighted by Crippen LogP contribution is -2.55. The van der Waals surface area contributed by atoms with Crippen molar-refractivity contribution in [3.8, 4) is 0 Å². The number of carbonyl (C=O) groups is 3. The van der Waals surface area contributed by atoms with Crippen molar-refractivity contribution in [2.75, 3.05) is 6.61 Å². The number of Topliss-reactive ketones (excluding diaryl/α,β-unsaturated/α-hetero) is 1. The summed E-state index contributed by atoms with van der Waals surface area (Å²) in [4.78, 5) is 38.3. The minimum absolute atomic E-state index is 0.0720. The largest absolute Gasteiger partial charge is 0.458 e. The number of rotatable bonds is 15. The molecule has 8 heteroatoms. The highest BCUT2D eigenvalue weighted by molar-refractivity contribution is 5.92. The van der Waals surface area contributed by atoms with Crippen molar-refractivity contribution in [2.24, 2.45) is 34.5 Å². The van der Waals surface area contributed by atoms with Crippen molar-refractivity contribution >= 4 is 17.5 Å². The number of carbonyl (C=O) groups excluding carboxylic acids is 3. The molecule has 1 aromatic rings. The lowest BCUT2D eigenvalue weighted by molar-refractivity contribution is -0.163. The van der Waals surface area contributed by atoms with E-state index in [4.69, 9.17) is 4.74 Å². The molecule has 3 saturated carbocycles. The second-order valence-electron chi connectivity index (χ2n) is 17.0. The van der Waals surface area contributed by atoms with Crippen LogP contribution in [0.5, 0.6) is 0 Å². The Balaban J connectivity index is 0.920. The number of benzene rings is 1. The van der Waals surface area contributed by atoms with Crippen LogP contribution in [0.4, 0.5) is 0 Å². The van der Waals surface area contributed by atoms with Crippen molar-refractivity contribution < 1.29 is 39.5 Å². The monoisotopic (exact) mass is 716 g/mol. The maximum absolute atomic E-state index is 13.6. The first kappa shape index (κ1) is 38.8. The molecule has 2 unspecified atom stereocenters. The Hall–Kier alpha value is -2.91. The molecule has 3 fully saturated rings. The van der Waals surface area contributed by atoms with Gasteiger partial charge in [0.15, 0.2) is 12.4 Å². The van der Waals surface area contributed by atoms with Crippen molar-refractivity contribution in [1.29, 1.82) is 0 Å². The first-order valence-corrected chi connectivity index (χ1v) is 19.9. The number of ether oxygens (including phenoxy) is 1. The van der Waals surface area contributed by atoms with Gasteiger partial charge in [0.1, 0.15) is 5.60 Å². The Morgan fingerprint density at radius 1 is 1.00 bits per heavy atom. The second-order valence-corrected chi connectivity index (χ2v) is 17.0. The van der Waals surface area contributed by atoms with Crippen molar-refractivity contribution in [3.63, 3.8) is 0 Å². The normalized spacial score (nSPS) is 36.1. The summed E-state index contributed by atoms with van der Waals surface area (Å²) in [7, 11) is 0. The molecular weight excluding hydrogens is 656 g/mol. The van der Waals surface area contributed by atoms with E-state index in [9.17, 15) is 34.8 Å². The first-order valence-electron chi connectivity index (χ1n) is 19.9. The van der Waals surface area contributed by atoms with Crippen LogP contribution in [0, 0.1) is 34.5 Å². The van der Waals surface area contributed by atoms with Gasteiger partial charge in [-0.25, -0.2) is 0 Å². The lowest BCUT2D eigenvalue weighted by atomic mass is 9.50. The van der Waals surface area contributed by atoms with Crippen LogP contribution in [0.15, 0.2) is 65.8 Å². The van der Waals surface area contributed by atoms with Gasteiger partial charge >= 0.3 is 5.97 Å². The Kier molecular flexibility index (Phi) is 12.1. The van der Waals surface area contributed by atoms with Gasteiger partial charge in [-0.05, 0) is 125 Å². The Morgan fingerprint density at radius 2 is 1.77 bits per heavy atom. The van der Waals surface area contributed by atoms with E-state index in [0.29, 0.717) is 64.2 Å². The maximum atomic E-state index is 13.6. The average molecular weight is 717 g/mol. The van der Waals surface area contributed by atoms with Crippen molar-refractivity contribution in [3.05, 3.63) is 71.3 Å². The second kappa shape index (κ2) is 16.2. The predicted octanol–water partition coefficient (Wildman–Crippen LogP) is 6.53. The van der Waals surface area contributed by atoms with Gasteiger partial charge in [-0.3, -0.25) is 14.4 Å². The van der Waals surface area contributed by atoms with Crippen LogP contribution in [-0.4, -0.2) is 68.5 Å². The summed E-state index contributed by atoms with van der Waals surface area (Å²) in [6.45, 7) is 3.87. The zero-order valence-electron chi connectivity index (χ0n) is 31.2. The van der Waals surface area contributed by atoms with Gasteiger partial charge < -0.3 is 25.2 Å². The van der Waals surface area contributed by atoms with E-state index in [0.717, 1.165) is 32.1 Å². The summed E-state index contributed by atoms with van der Waals surface area (Å²) in [5.41, 5.74) is 1.54. The molecule has 1 aromatic carbocycles. The lowest BCUT2D eigenvalue weighted by Gasteiger charge is -2.54. The first-order chi connectivity index (χ1) is 24.9. The van der Waals surface area contributed by atoms with E-state index in [2.05, 4.69) is 25.1 Å². The summed E-state index contributed by atoms with van der Waals surface area (Å²) < 4.78 is 5.42. The SMILES string of the molecule is CC12CCC(=O)C=C1CC[C@@H]1C2=CCC2(C)[C@H]1CC[C@]2(O)C(=O)COC(=O)CCC/C=C\C[C@@H]1[C@@H](CC[C@@H](O)CCc2ccccc2)[C@H](O)C[C@@H]1O. The molecule has 6 rings (SSSR count). The molecule has 0 aliphatic heterocycles. The summed E-state index contributed by atoms with van der Waals surface area (Å²) >= 11 is 0. The fourth-order valence-corrected chi connectivity index (χ4v) is 10.8. The molecule has 52 heavy (non-hydrogen) atoms. The quantitative estimate of drug-likeness (QED) is 0.0913. The fourth-order valence-electron chi connectivity index (χ4n) is 10.8. The minimum atomic E-state index is -1.54. The van der Waals surface area contributed by atoms with E-state index in [-0.39, 0.29) is 41.3 Å². The van der Waals surface area contributed by atoms with Crippen LogP contribution in [0.3, 0.4) is 0 Å². The van der Waals surface area contributed by atoms with E-state index < -0.39 is 47.7 Å². The molecule has 0 amide bonds. The number of aryl methyl sites for hydroxylation is 1. The third-order valence-corrected chi connectivity index (χ3v) is 14.1. The predicted molar refractivity (Wildman–Crippen MR) is 199 cm³/mol. The van der Waals surface area contributed by atoms with Gasteiger partial charge in [0, 0.05) is 23.7 Å². The van der Waals surface area contributed by atoms with E-state index in [1.807, 2.05) is 43.4 Å². The molecule has 0 spiro atoms. The third-order valence-electron chi connectivity index (χ3n) is 14.1. The zero-order chi connectivity index (χ0) is 37.1. The molecule has 0 saturated heterocycles. The molecular formula is C44H60O8. The molecule has 10 atom stereocenters. The Bertz CT molecular complexity index is 1550. The fraction of sp³-hybridized carbons (Fsp3) is 0.659. The number of esters is 1. The summed E-state index contributed by atoms with van der Waals surface area (Å²) in [6.07, 6.45) is 16.4. The van der Waals surface area contributed by atoms with Crippen molar-refractivity contribution in [1.82, 2.24) is 0 Å². The summed E-state index contributed by atoms with van der Waals surface area (Å²) in [5, 5.41) is 43.7. The van der Waals surface area contributed by atoms with Crippen LogP contribution in [-0.2, 0) is 25.5 Å². The van der Waals surface area contributed by atoms with Crippen LogP contribution in [0.2, 0.25) is 0 Å². The maximum Gasteiger partial charge on any atom is 0.306 e. The van der Waals surface area contributed by atoms with E-state index >= 15 is 0 Å². The molecule has 0 radical (unpaired) electrons. The van der Waals surface area contributed by atoms with Gasteiger partial charge in [-0.2, -0.15) is 0 Å². The van der Waals surface area contributed by atoms with Gasteiger partial charge in [-0.1, -0.05) is 73.6 Å². The molecule has 0 bridgehead atoms. The topological polar surface area (TPSA) is 141 Å². The zero-order valence-corrected chi connectivity index (χ0v) is 31.2. The van der Waals surface area contributed by atoms with Crippen LogP contribution in [0.1, 0.15) is 116 Å². The summed E-state index contributed by atoms with van der Waals surface area (Å²) in [5.74, 6) is -0.356. The smallest absolute Gasteiger partial charge is 0.306 e. The molecule has 5 aliphatic carbocycles. The number of allylic oxidation sites excluding steroid dienone is 6. The number of hydrogen-bond acceptors (Lipinski definition) is 8. The third kappa shape index (κ3) is 7.82. The molecule has 8 nitrogen and oxygen atoms in total. The highest BCUT2D eigenvalue weighted by atomic mass is 16.5. The van der Waals surface area contributed by atoms with Gasteiger partial charge in [-0.15, -0.1) is 0 Å². The van der Waals surface area contributed by atoms with E-state index in [1.165, 1.54) is 16.7 Å². The van der Waals surface area contributed by atoms with Crippen LogP contribution < -0.4 is 0 Å². The number of ketones is 2. The number of aliphatic hydroxyl groups excluding tert-OH is 3. The van der Waals surface area contributed by atoms with Gasteiger partial charge in [0.2, 0.25) is 5.78 Å². The number of unbranched alkanes of at least 4 members (excludes halogenated alkanes) is 1. The van der Waals surface area contributed by atoms with Crippen LogP contribution >= 0.6 is 0 Å². The minimum Gasteiger partial charge on any atom is -0.458 e. The standard InChI is InChI=1S/C44H60O8/c1-42-23-20-32(46)26-30(42)15-18-35-36(42)21-24-43(2)37(35)22-25-44(43,51)40(49)28-52-41(50)13-9-4-3-8-12-33-34(39(48)27-38(33)47)19-17-31(45)16-14-29-10-6-5-7-11-29/h3,5-8,10-11,21,26,31,33-35,37-39,45,47-48,51H,4,9,12-20,22-25,27-28H2,1-2H3/b8-3-/t31-,33+,34+,35+,37-,38-,39+,42?,43?,44-/m0/s1. The Morgan fingerprint density at radius 3 is 2.56 bits per heavy atom. The van der Waals surface area contributed by atoms with E-state index in [1.54, 1.807) is 0 Å². The molecule has 0 heterocycles. The summed E-state index contributed by atoms with van der Waals surface area (Å²) in [6, 6.07) is 10.1. The highest BCUT2D eigenvalue weighted by Crippen LogP contribution is 2.65. The Labute approximate surface area is 309 Å². The number of aliphatic hydroxyl groups is 4. The highest BCUT2D eigenvalue weighted by Gasteiger charge is 2.64. The van der Waals surface area contributed by atoms with Crippen molar-refractivity contribution in [2.45, 2.75) is 140 Å². The molecule has 0 aromatic heterocycles. The number of fused-ring (bicyclic) bond motifs is 5. The van der Waals surface area contributed by atoms with Gasteiger partial charge in [0.25, 0.3) is 0 Å².